The lowest BCUT2D eigenvalue weighted by molar-refractivity contribution is 0.669. The van der Waals surface area contributed by atoms with E-state index in [1.807, 2.05) is 30.3 Å². The summed E-state index contributed by atoms with van der Waals surface area (Å²) < 4.78 is 6.44. The van der Waals surface area contributed by atoms with E-state index < -0.39 is 0 Å². The highest BCUT2D eigenvalue weighted by molar-refractivity contribution is 6.18. The molecule has 0 aliphatic heterocycles. The summed E-state index contributed by atoms with van der Waals surface area (Å²) in [4.78, 5) is 15.2. The average molecular weight is 626 g/mol. The van der Waals surface area contributed by atoms with Gasteiger partial charge < -0.3 is 4.42 Å². The summed E-state index contributed by atoms with van der Waals surface area (Å²) in [5.74, 6) is 1.92. The number of hydrogen-bond donors (Lipinski definition) is 0. The molecule has 0 spiro atoms. The van der Waals surface area contributed by atoms with Crippen molar-refractivity contribution in [1.29, 1.82) is 0 Å². The molecule has 0 unspecified atom stereocenters. The lowest BCUT2D eigenvalue weighted by Crippen LogP contribution is -2.00. The first-order chi connectivity index (χ1) is 24.3. The number of fused-ring (bicyclic) bond motifs is 6. The number of rotatable bonds is 4. The highest BCUT2D eigenvalue weighted by atomic mass is 16.3. The van der Waals surface area contributed by atoms with Crippen LogP contribution in [-0.2, 0) is 0 Å². The molecule has 10 aromatic rings. The minimum absolute atomic E-state index is 0.637. The fourth-order valence-electron chi connectivity index (χ4n) is 7.14. The molecule has 4 nitrogen and oxygen atoms in total. The summed E-state index contributed by atoms with van der Waals surface area (Å²) in [6.07, 6.45) is 0. The molecule has 0 bridgehead atoms. The van der Waals surface area contributed by atoms with Gasteiger partial charge in [0, 0.05) is 27.5 Å². The SMILES string of the molecule is c1ccc(-c2nc(-c3ccc4ccccc4c3)nc(-c3ccc(-c4cccc5oc6cc7ccccc7cc6c45)c4ccccc34)n2)cc1. The van der Waals surface area contributed by atoms with Crippen LogP contribution < -0.4 is 0 Å². The van der Waals surface area contributed by atoms with Crippen LogP contribution in [0.3, 0.4) is 0 Å². The second-order valence-corrected chi connectivity index (χ2v) is 12.4. The van der Waals surface area contributed by atoms with Crippen molar-refractivity contribution in [2.75, 3.05) is 0 Å². The summed E-state index contributed by atoms with van der Waals surface area (Å²) in [5.41, 5.74) is 6.88. The molecule has 2 aromatic heterocycles. The third kappa shape index (κ3) is 4.57. The summed E-state index contributed by atoms with van der Waals surface area (Å²) in [6, 6.07) is 56.9. The van der Waals surface area contributed by atoms with E-state index in [4.69, 9.17) is 19.4 Å². The molecule has 0 aliphatic rings. The molecule has 49 heavy (non-hydrogen) atoms. The molecular formula is C45H27N3O. The Morgan fingerprint density at radius 1 is 0.327 bits per heavy atom. The first-order valence-electron chi connectivity index (χ1n) is 16.4. The van der Waals surface area contributed by atoms with Gasteiger partial charge in [-0.3, -0.25) is 0 Å². The molecule has 0 saturated heterocycles. The van der Waals surface area contributed by atoms with Gasteiger partial charge in [-0.15, -0.1) is 0 Å². The van der Waals surface area contributed by atoms with Crippen LogP contribution >= 0.6 is 0 Å². The smallest absolute Gasteiger partial charge is 0.164 e. The van der Waals surface area contributed by atoms with Crippen LogP contribution in [0.5, 0.6) is 0 Å². The second kappa shape index (κ2) is 11.0. The van der Waals surface area contributed by atoms with Crippen LogP contribution in [0.25, 0.3) is 99.5 Å². The van der Waals surface area contributed by atoms with Gasteiger partial charge in [0.15, 0.2) is 17.5 Å². The predicted molar refractivity (Wildman–Crippen MR) is 201 cm³/mol. The molecule has 4 heteroatoms. The first-order valence-corrected chi connectivity index (χ1v) is 16.4. The van der Waals surface area contributed by atoms with Crippen molar-refractivity contribution < 1.29 is 4.42 Å². The lowest BCUT2D eigenvalue weighted by atomic mass is 9.92. The molecule has 2 heterocycles. The monoisotopic (exact) mass is 625 g/mol. The fraction of sp³-hybridized carbons (Fsp3) is 0. The molecule has 8 aromatic carbocycles. The summed E-state index contributed by atoms with van der Waals surface area (Å²) in [6.45, 7) is 0. The number of nitrogens with zero attached hydrogens (tertiary/aromatic N) is 3. The maximum Gasteiger partial charge on any atom is 0.164 e. The van der Waals surface area contributed by atoms with Gasteiger partial charge in [-0.2, -0.15) is 0 Å². The third-order valence-electron chi connectivity index (χ3n) is 9.49. The second-order valence-electron chi connectivity index (χ2n) is 12.4. The van der Waals surface area contributed by atoms with Crippen LogP contribution in [0.15, 0.2) is 168 Å². The van der Waals surface area contributed by atoms with E-state index in [0.717, 1.165) is 65.9 Å². The normalized spacial score (nSPS) is 11.7. The zero-order valence-corrected chi connectivity index (χ0v) is 26.3. The van der Waals surface area contributed by atoms with Crippen molar-refractivity contribution in [2.45, 2.75) is 0 Å². The topological polar surface area (TPSA) is 51.8 Å². The molecule has 0 atom stereocenters. The summed E-state index contributed by atoms with van der Waals surface area (Å²) >= 11 is 0. The van der Waals surface area contributed by atoms with Crippen molar-refractivity contribution in [3.8, 4) is 45.3 Å². The Bertz CT molecular complexity index is 2890. The van der Waals surface area contributed by atoms with E-state index in [9.17, 15) is 0 Å². The Balaban J connectivity index is 1.19. The predicted octanol–water partition coefficient (Wildman–Crippen LogP) is 11.9. The first kappa shape index (κ1) is 27.5. The van der Waals surface area contributed by atoms with Gasteiger partial charge in [-0.05, 0) is 73.8 Å². The molecule has 0 N–H and O–H groups in total. The van der Waals surface area contributed by atoms with Crippen LogP contribution in [0.2, 0.25) is 0 Å². The quantitative estimate of drug-likeness (QED) is 0.195. The van der Waals surface area contributed by atoms with Gasteiger partial charge in [0.1, 0.15) is 11.2 Å². The number of hydrogen-bond acceptors (Lipinski definition) is 4. The van der Waals surface area contributed by atoms with E-state index >= 15 is 0 Å². The number of benzene rings is 8. The largest absolute Gasteiger partial charge is 0.456 e. The number of aromatic nitrogens is 3. The third-order valence-corrected chi connectivity index (χ3v) is 9.49. The van der Waals surface area contributed by atoms with Crippen molar-refractivity contribution in [1.82, 2.24) is 15.0 Å². The van der Waals surface area contributed by atoms with E-state index in [1.165, 1.54) is 16.2 Å². The van der Waals surface area contributed by atoms with Crippen molar-refractivity contribution in [3.63, 3.8) is 0 Å². The van der Waals surface area contributed by atoms with Crippen molar-refractivity contribution in [3.05, 3.63) is 164 Å². The molecule has 0 saturated carbocycles. The van der Waals surface area contributed by atoms with Gasteiger partial charge in [0.25, 0.3) is 0 Å². The molecule has 0 radical (unpaired) electrons. The van der Waals surface area contributed by atoms with Gasteiger partial charge in [-0.1, -0.05) is 133 Å². The zero-order valence-electron chi connectivity index (χ0n) is 26.3. The molecule has 10 rings (SSSR count). The Labute approximate surface area is 282 Å². The number of furan rings is 1. The van der Waals surface area contributed by atoms with Gasteiger partial charge >= 0.3 is 0 Å². The minimum atomic E-state index is 0.637. The molecule has 0 fully saturated rings. The van der Waals surface area contributed by atoms with Crippen LogP contribution in [-0.4, -0.2) is 15.0 Å². The van der Waals surface area contributed by atoms with E-state index in [2.05, 4.69) is 133 Å². The molecule has 0 amide bonds. The van der Waals surface area contributed by atoms with Crippen LogP contribution in [0, 0.1) is 0 Å². The standard InChI is InChI=1S/C45H27N3O/c1-2-12-29(13-3-1)43-46-44(33-22-21-28-11-4-5-14-30(28)25-33)48-45(47-43)38-24-23-36(34-17-8-9-18-35(34)38)37-19-10-20-40-42(37)39-26-31-15-6-7-16-32(31)27-41(39)49-40/h1-27H. The van der Waals surface area contributed by atoms with Crippen LogP contribution in [0.4, 0.5) is 0 Å². The minimum Gasteiger partial charge on any atom is -0.456 e. The molecule has 0 aliphatic carbocycles. The zero-order chi connectivity index (χ0) is 32.3. The van der Waals surface area contributed by atoms with Gasteiger partial charge in [0.2, 0.25) is 0 Å². The van der Waals surface area contributed by atoms with E-state index in [1.54, 1.807) is 0 Å². The summed E-state index contributed by atoms with van der Waals surface area (Å²) in [7, 11) is 0. The van der Waals surface area contributed by atoms with Crippen molar-refractivity contribution >= 4 is 54.3 Å². The Morgan fingerprint density at radius 3 is 1.73 bits per heavy atom. The van der Waals surface area contributed by atoms with E-state index in [-0.39, 0.29) is 0 Å². The Hall–Kier alpha value is -6.65. The lowest BCUT2D eigenvalue weighted by Gasteiger charge is -2.14. The molecule has 228 valence electrons. The van der Waals surface area contributed by atoms with Crippen LogP contribution in [0.1, 0.15) is 0 Å². The average Bonchev–Trinajstić information content (AvgIpc) is 3.54. The van der Waals surface area contributed by atoms with Gasteiger partial charge in [0.05, 0.1) is 0 Å². The maximum atomic E-state index is 6.44. The van der Waals surface area contributed by atoms with Crippen molar-refractivity contribution in [2.24, 2.45) is 0 Å². The highest BCUT2D eigenvalue weighted by Gasteiger charge is 2.19. The Morgan fingerprint density at radius 2 is 0.939 bits per heavy atom. The highest BCUT2D eigenvalue weighted by Crippen LogP contribution is 2.42. The summed E-state index contributed by atoms with van der Waals surface area (Å²) in [5, 5.41) is 9.11. The maximum absolute atomic E-state index is 6.44. The van der Waals surface area contributed by atoms with E-state index in [0.29, 0.717) is 17.5 Å². The fourth-order valence-corrected chi connectivity index (χ4v) is 7.14. The Kier molecular flexibility index (Phi) is 6.15. The molecular weight excluding hydrogens is 599 g/mol. The van der Waals surface area contributed by atoms with Gasteiger partial charge in [-0.25, -0.2) is 15.0 Å².